The summed E-state index contributed by atoms with van der Waals surface area (Å²) in [5.74, 6) is -0.135. The van der Waals surface area contributed by atoms with Gasteiger partial charge in [-0.3, -0.25) is 9.97 Å². The van der Waals surface area contributed by atoms with E-state index in [1.165, 1.54) is 24.7 Å². The summed E-state index contributed by atoms with van der Waals surface area (Å²) in [6.07, 6.45) is 5.87. The van der Waals surface area contributed by atoms with Crippen LogP contribution < -0.4 is 4.74 Å². The van der Waals surface area contributed by atoms with E-state index in [1.807, 2.05) is 0 Å². The average Bonchev–Trinajstić information content (AvgIpc) is 2.30. The molecule has 16 heavy (non-hydrogen) atoms. The second-order valence-corrected chi connectivity index (χ2v) is 3.01. The van der Waals surface area contributed by atoms with Crippen LogP contribution in [0.5, 0.6) is 11.5 Å². The first-order valence-electron chi connectivity index (χ1n) is 4.52. The van der Waals surface area contributed by atoms with Gasteiger partial charge >= 0.3 is 5.97 Å². The van der Waals surface area contributed by atoms with Crippen LogP contribution in [0.1, 0.15) is 10.4 Å². The molecule has 0 aliphatic rings. The Bertz CT molecular complexity index is 500. The van der Waals surface area contributed by atoms with Crippen LogP contribution in [-0.2, 0) is 0 Å². The second-order valence-electron chi connectivity index (χ2n) is 3.01. The normalized spacial score (nSPS) is 9.75. The summed E-state index contributed by atoms with van der Waals surface area (Å²) >= 11 is 0. The lowest BCUT2D eigenvalue weighted by atomic mass is 10.3. The number of hydrogen-bond donors (Lipinski definition) is 1. The highest BCUT2D eigenvalue weighted by molar-refractivity contribution is 5.87. The number of carboxylic acids is 1. The molecule has 2 aromatic rings. The molecule has 0 saturated heterocycles. The van der Waals surface area contributed by atoms with Crippen molar-refractivity contribution in [1.82, 2.24) is 9.97 Å². The number of aromatic carboxylic acids is 1. The molecule has 0 spiro atoms. The van der Waals surface area contributed by atoms with Gasteiger partial charge in [0.2, 0.25) is 0 Å². The standard InChI is InChI=1S/C11H8N2O3/c14-11(15)8-4-10(7-13-5-8)16-9-2-1-3-12-6-9/h1-7H,(H,14,15). The Balaban J connectivity index is 2.22. The maximum Gasteiger partial charge on any atom is 0.337 e. The maximum atomic E-state index is 10.7. The van der Waals surface area contributed by atoms with Crippen molar-refractivity contribution in [2.45, 2.75) is 0 Å². The molecule has 0 bridgehead atoms. The minimum absolute atomic E-state index is 0.0846. The van der Waals surface area contributed by atoms with Crippen LogP contribution in [0.15, 0.2) is 43.0 Å². The Morgan fingerprint density at radius 2 is 2.00 bits per heavy atom. The number of rotatable bonds is 3. The van der Waals surface area contributed by atoms with E-state index in [2.05, 4.69) is 9.97 Å². The van der Waals surface area contributed by atoms with Crippen LogP contribution in [0, 0.1) is 0 Å². The summed E-state index contributed by atoms with van der Waals surface area (Å²) in [5, 5.41) is 8.77. The fraction of sp³-hybridized carbons (Fsp3) is 0. The molecule has 0 fully saturated rings. The summed E-state index contributed by atoms with van der Waals surface area (Å²) in [6, 6.07) is 4.85. The predicted octanol–water partition coefficient (Wildman–Crippen LogP) is 1.97. The molecule has 1 N–H and O–H groups in total. The smallest absolute Gasteiger partial charge is 0.337 e. The SMILES string of the molecule is O=C(O)c1cncc(Oc2cccnc2)c1. The Kier molecular flexibility index (Phi) is 2.77. The van der Waals surface area contributed by atoms with Gasteiger partial charge < -0.3 is 9.84 Å². The lowest BCUT2D eigenvalue weighted by molar-refractivity contribution is 0.0696. The Morgan fingerprint density at radius 3 is 2.69 bits per heavy atom. The zero-order valence-electron chi connectivity index (χ0n) is 8.20. The Labute approximate surface area is 91.4 Å². The second kappa shape index (κ2) is 4.39. The largest absolute Gasteiger partial charge is 0.478 e. The van der Waals surface area contributed by atoms with Crippen molar-refractivity contribution in [3.63, 3.8) is 0 Å². The lowest BCUT2D eigenvalue weighted by Gasteiger charge is -2.04. The van der Waals surface area contributed by atoms with E-state index < -0.39 is 5.97 Å². The molecule has 0 saturated carbocycles. The maximum absolute atomic E-state index is 10.7. The molecule has 0 aliphatic heterocycles. The molecule has 80 valence electrons. The lowest BCUT2D eigenvalue weighted by Crippen LogP contribution is -1.97. The van der Waals surface area contributed by atoms with E-state index in [0.717, 1.165) is 0 Å². The highest BCUT2D eigenvalue weighted by atomic mass is 16.5. The third-order valence-corrected chi connectivity index (χ3v) is 1.83. The molecule has 2 aromatic heterocycles. The van der Waals surface area contributed by atoms with E-state index in [-0.39, 0.29) is 5.56 Å². The van der Waals surface area contributed by atoms with E-state index in [4.69, 9.17) is 9.84 Å². The third-order valence-electron chi connectivity index (χ3n) is 1.83. The van der Waals surface area contributed by atoms with Crippen molar-refractivity contribution >= 4 is 5.97 Å². The molecule has 5 nitrogen and oxygen atoms in total. The first-order valence-corrected chi connectivity index (χ1v) is 4.52. The van der Waals surface area contributed by atoms with Gasteiger partial charge in [-0.05, 0) is 18.2 Å². The van der Waals surface area contributed by atoms with E-state index in [9.17, 15) is 4.79 Å². The van der Waals surface area contributed by atoms with E-state index in [0.29, 0.717) is 11.5 Å². The van der Waals surface area contributed by atoms with Crippen LogP contribution in [0.3, 0.4) is 0 Å². The fourth-order valence-corrected chi connectivity index (χ4v) is 1.14. The van der Waals surface area contributed by atoms with Gasteiger partial charge in [-0.25, -0.2) is 4.79 Å². The van der Waals surface area contributed by atoms with Crippen LogP contribution in [0.25, 0.3) is 0 Å². The molecule has 0 radical (unpaired) electrons. The monoisotopic (exact) mass is 216 g/mol. The predicted molar refractivity (Wildman–Crippen MR) is 55.5 cm³/mol. The molecular weight excluding hydrogens is 208 g/mol. The number of carbonyl (C=O) groups is 1. The summed E-state index contributed by atoms with van der Waals surface area (Å²) in [6.45, 7) is 0. The molecule has 0 aliphatic carbocycles. The van der Waals surface area contributed by atoms with Crippen molar-refractivity contribution in [1.29, 1.82) is 0 Å². The van der Waals surface area contributed by atoms with Gasteiger partial charge in [-0.2, -0.15) is 0 Å². The van der Waals surface area contributed by atoms with Crippen LogP contribution in [0.4, 0.5) is 0 Å². The average molecular weight is 216 g/mol. The van der Waals surface area contributed by atoms with Gasteiger partial charge in [-0.15, -0.1) is 0 Å². The van der Waals surface area contributed by atoms with Crippen molar-refractivity contribution in [3.05, 3.63) is 48.5 Å². The highest BCUT2D eigenvalue weighted by Gasteiger charge is 2.05. The molecule has 0 unspecified atom stereocenters. The van der Waals surface area contributed by atoms with Crippen molar-refractivity contribution < 1.29 is 14.6 Å². The first kappa shape index (κ1) is 10.1. The Morgan fingerprint density at radius 1 is 1.19 bits per heavy atom. The number of carboxylic acid groups (broad SMARTS) is 1. The van der Waals surface area contributed by atoms with Gasteiger partial charge in [0.15, 0.2) is 0 Å². The number of ether oxygens (including phenoxy) is 1. The van der Waals surface area contributed by atoms with Crippen LogP contribution in [-0.4, -0.2) is 21.0 Å². The van der Waals surface area contributed by atoms with Crippen molar-refractivity contribution in [3.8, 4) is 11.5 Å². The molecule has 5 heteroatoms. The summed E-state index contributed by atoms with van der Waals surface area (Å²) in [5.41, 5.74) is 0.0846. The van der Waals surface area contributed by atoms with Gasteiger partial charge in [0, 0.05) is 12.4 Å². The number of nitrogens with zero attached hydrogens (tertiary/aromatic N) is 2. The topological polar surface area (TPSA) is 72.3 Å². The minimum Gasteiger partial charge on any atom is -0.478 e. The molecule has 0 aromatic carbocycles. The van der Waals surface area contributed by atoms with Gasteiger partial charge in [0.25, 0.3) is 0 Å². The summed E-state index contributed by atoms with van der Waals surface area (Å²) in [4.78, 5) is 18.4. The number of aromatic nitrogens is 2. The number of hydrogen-bond acceptors (Lipinski definition) is 4. The van der Waals surface area contributed by atoms with E-state index in [1.54, 1.807) is 18.3 Å². The molecular formula is C11H8N2O3. The zero-order chi connectivity index (χ0) is 11.4. The minimum atomic E-state index is -1.04. The summed E-state index contributed by atoms with van der Waals surface area (Å²) in [7, 11) is 0. The van der Waals surface area contributed by atoms with Gasteiger partial charge in [0.05, 0.1) is 18.0 Å². The molecule has 0 atom stereocenters. The van der Waals surface area contributed by atoms with Crippen molar-refractivity contribution in [2.24, 2.45) is 0 Å². The molecule has 0 amide bonds. The highest BCUT2D eigenvalue weighted by Crippen LogP contribution is 2.19. The molecule has 2 heterocycles. The summed E-state index contributed by atoms with van der Waals surface area (Å²) < 4.78 is 5.38. The van der Waals surface area contributed by atoms with Gasteiger partial charge in [-0.1, -0.05) is 0 Å². The van der Waals surface area contributed by atoms with E-state index >= 15 is 0 Å². The van der Waals surface area contributed by atoms with Gasteiger partial charge in [0.1, 0.15) is 11.5 Å². The van der Waals surface area contributed by atoms with Crippen molar-refractivity contribution in [2.75, 3.05) is 0 Å². The fourth-order valence-electron chi connectivity index (χ4n) is 1.14. The first-order chi connectivity index (χ1) is 7.75. The number of pyridine rings is 2. The zero-order valence-corrected chi connectivity index (χ0v) is 8.20. The molecule has 2 rings (SSSR count). The Hall–Kier alpha value is -2.43. The quantitative estimate of drug-likeness (QED) is 0.849. The third kappa shape index (κ3) is 2.33. The van der Waals surface area contributed by atoms with Crippen LogP contribution >= 0.6 is 0 Å². The van der Waals surface area contributed by atoms with Crippen LogP contribution in [0.2, 0.25) is 0 Å².